The Kier molecular flexibility index (Phi) is 4.89. The van der Waals surface area contributed by atoms with Gasteiger partial charge in [0.2, 0.25) is 5.95 Å². The van der Waals surface area contributed by atoms with Crippen molar-refractivity contribution in [1.82, 2.24) is 9.97 Å². The maximum absolute atomic E-state index is 6.29. The van der Waals surface area contributed by atoms with Crippen LogP contribution in [0.3, 0.4) is 0 Å². The molecule has 4 rings (SSSR count). The van der Waals surface area contributed by atoms with Crippen molar-refractivity contribution >= 4 is 16.9 Å². The number of nitrogens with zero attached hydrogens (tertiary/aromatic N) is 3. The van der Waals surface area contributed by atoms with Crippen molar-refractivity contribution in [1.29, 1.82) is 0 Å². The van der Waals surface area contributed by atoms with Gasteiger partial charge in [-0.2, -0.15) is 5.10 Å². The van der Waals surface area contributed by atoms with Gasteiger partial charge in [-0.25, -0.2) is 15.4 Å². The van der Waals surface area contributed by atoms with Gasteiger partial charge >= 0.3 is 0 Å². The SMILES string of the molecule is Cc1ccc(-c2c/c(=N/Nc3nc(C)cc(C)n3)c3cc(C)cc(C)c3o2)cc1. The maximum Gasteiger partial charge on any atom is 0.243 e. The highest BCUT2D eigenvalue weighted by Crippen LogP contribution is 2.25. The first kappa shape index (κ1) is 18.9. The van der Waals surface area contributed by atoms with Gasteiger partial charge in [0.1, 0.15) is 11.3 Å². The number of aryl methyl sites for hydroxylation is 5. The smallest absolute Gasteiger partial charge is 0.243 e. The van der Waals surface area contributed by atoms with E-state index in [9.17, 15) is 0 Å². The molecule has 0 atom stereocenters. The predicted octanol–water partition coefficient (Wildman–Crippen LogP) is 5.36. The number of nitrogens with one attached hydrogen (secondary N) is 1. The van der Waals surface area contributed by atoms with Crippen LogP contribution in [0.4, 0.5) is 5.95 Å². The minimum atomic E-state index is 0.484. The molecule has 5 heteroatoms. The molecule has 0 amide bonds. The van der Waals surface area contributed by atoms with Crippen molar-refractivity contribution in [2.45, 2.75) is 34.6 Å². The largest absolute Gasteiger partial charge is 0.456 e. The molecule has 5 nitrogen and oxygen atoms in total. The molecular weight excluding hydrogens is 360 g/mol. The quantitative estimate of drug-likeness (QED) is 0.483. The van der Waals surface area contributed by atoms with E-state index in [0.29, 0.717) is 5.95 Å². The fourth-order valence-electron chi connectivity index (χ4n) is 3.46. The van der Waals surface area contributed by atoms with Crippen LogP contribution in [-0.4, -0.2) is 9.97 Å². The van der Waals surface area contributed by atoms with Gasteiger partial charge in [-0.05, 0) is 57.9 Å². The summed E-state index contributed by atoms with van der Waals surface area (Å²) in [6, 6.07) is 16.4. The average molecular weight is 384 g/mol. The lowest BCUT2D eigenvalue weighted by atomic mass is 10.1. The van der Waals surface area contributed by atoms with Crippen LogP contribution in [0.5, 0.6) is 0 Å². The predicted molar refractivity (Wildman–Crippen MR) is 117 cm³/mol. The Labute approximate surface area is 170 Å². The molecule has 0 aliphatic heterocycles. The zero-order chi connectivity index (χ0) is 20.5. The lowest BCUT2D eigenvalue weighted by Crippen LogP contribution is -2.10. The van der Waals surface area contributed by atoms with Crippen LogP contribution < -0.4 is 10.8 Å². The molecular formula is C24H24N4O. The zero-order valence-electron chi connectivity index (χ0n) is 17.4. The van der Waals surface area contributed by atoms with Gasteiger partial charge in [0.15, 0.2) is 0 Å². The summed E-state index contributed by atoms with van der Waals surface area (Å²) in [7, 11) is 0. The third-order valence-corrected chi connectivity index (χ3v) is 4.77. The number of anilines is 1. The Bertz CT molecular complexity index is 1250. The van der Waals surface area contributed by atoms with Crippen molar-refractivity contribution < 1.29 is 4.42 Å². The minimum Gasteiger partial charge on any atom is -0.456 e. The van der Waals surface area contributed by atoms with Crippen LogP contribution in [0.25, 0.3) is 22.3 Å². The van der Waals surface area contributed by atoms with Crippen molar-refractivity contribution in [3.05, 3.63) is 82.0 Å². The van der Waals surface area contributed by atoms with Crippen LogP contribution >= 0.6 is 0 Å². The highest BCUT2D eigenvalue weighted by Gasteiger charge is 2.09. The first-order valence-corrected chi connectivity index (χ1v) is 9.63. The van der Waals surface area contributed by atoms with E-state index in [0.717, 1.165) is 50.2 Å². The maximum atomic E-state index is 6.29. The Morgan fingerprint density at radius 3 is 2.17 bits per heavy atom. The molecule has 0 spiro atoms. The summed E-state index contributed by atoms with van der Waals surface area (Å²) >= 11 is 0. The van der Waals surface area contributed by atoms with Crippen LogP contribution in [-0.2, 0) is 0 Å². The summed E-state index contributed by atoms with van der Waals surface area (Å²) in [5, 5.41) is 6.38. The number of hydrogen-bond acceptors (Lipinski definition) is 5. The second kappa shape index (κ2) is 7.51. The number of aromatic nitrogens is 2. The topological polar surface area (TPSA) is 63.3 Å². The van der Waals surface area contributed by atoms with E-state index in [4.69, 9.17) is 4.42 Å². The molecule has 29 heavy (non-hydrogen) atoms. The van der Waals surface area contributed by atoms with Crippen LogP contribution in [0, 0.1) is 34.6 Å². The molecule has 1 N–H and O–H groups in total. The second-order valence-electron chi connectivity index (χ2n) is 7.52. The zero-order valence-corrected chi connectivity index (χ0v) is 17.4. The highest BCUT2D eigenvalue weighted by atomic mass is 16.3. The molecule has 0 fully saturated rings. The molecule has 2 heterocycles. The number of hydrogen-bond donors (Lipinski definition) is 1. The Morgan fingerprint density at radius 2 is 1.48 bits per heavy atom. The summed E-state index contributed by atoms with van der Waals surface area (Å²) in [5.74, 6) is 1.25. The van der Waals surface area contributed by atoms with Crippen LogP contribution in [0.1, 0.15) is 28.1 Å². The van der Waals surface area contributed by atoms with Gasteiger partial charge in [-0.3, -0.25) is 0 Å². The molecule has 0 saturated carbocycles. The lowest BCUT2D eigenvalue weighted by Gasteiger charge is -2.09. The third-order valence-electron chi connectivity index (χ3n) is 4.77. The molecule has 0 bridgehead atoms. The third kappa shape index (κ3) is 4.04. The van der Waals surface area contributed by atoms with E-state index in [1.54, 1.807) is 0 Å². The molecule has 0 saturated heterocycles. The van der Waals surface area contributed by atoms with Gasteiger partial charge in [-0.15, -0.1) is 0 Å². The van der Waals surface area contributed by atoms with Gasteiger partial charge in [0.25, 0.3) is 0 Å². The van der Waals surface area contributed by atoms with E-state index < -0.39 is 0 Å². The Balaban J connectivity index is 1.91. The summed E-state index contributed by atoms with van der Waals surface area (Å²) < 4.78 is 6.29. The molecule has 2 aromatic carbocycles. The molecule has 0 unspecified atom stereocenters. The molecule has 2 aromatic heterocycles. The van der Waals surface area contributed by atoms with Crippen LogP contribution in [0.2, 0.25) is 0 Å². The first-order valence-electron chi connectivity index (χ1n) is 9.63. The summed E-state index contributed by atoms with van der Waals surface area (Å²) in [5.41, 5.74) is 10.1. The van der Waals surface area contributed by atoms with Crippen molar-refractivity contribution in [2.24, 2.45) is 5.10 Å². The standard InChI is InChI=1S/C24H24N4O/c1-14-6-8-19(9-7-14)22-13-21(20-11-15(2)10-16(3)23(20)29-22)27-28-24-25-17(4)12-18(5)26-24/h6-13H,1-5H3,(H,25,26,28)/b27-21-. The van der Waals surface area contributed by atoms with Crippen LogP contribution in [0.15, 0.2) is 58.0 Å². The van der Waals surface area contributed by atoms with E-state index in [-0.39, 0.29) is 0 Å². The number of fused-ring (bicyclic) bond motifs is 1. The van der Waals surface area contributed by atoms with Gasteiger partial charge in [0, 0.05) is 28.4 Å². The van der Waals surface area contributed by atoms with E-state index in [2.05, 4.69) is 77.7 Å². The summed E-state index contributed by atoms with van der Waals surface area (Å²) in [6.45, 7) is 10.1. The van der Waals surface area contributed by atoms with Gasteiger partial charge in [0.05, 0.1) is 5.36 Å². The fraction of sp³-hybridized carbons (Fsp3) is 0.208. The summed E-state index contributed by atoms with van der Waals surface area (Å²) in [6.07, 6.45) is 0. The number of rotatable bonds is 3. The molecule has 0 aliphatic rings. The van der Waals surface area contributed by atoms with Crippen molar-refractivity contribution in [2.75, 3.05) is 5.43 Å². The van der Waals surface area contributed by atoms with E-state index in [1.807, 2.05) is 26.0 Å². The first-order chi connectivity index (χ1) is 13.9. The second-order valence-corrected chi connectivity index (χ2v) is 7.52. The summed E-state index contributed by atoms with van der Waals surface area (Å²) in [4.78, 5) is 8.83. The van der Waals surface area contributed by atoms with Gasteiger partial charge < -0.3 is 4.42 Å². The monoisotopic (exact) mass is 384 g/mol. The van der Waals surface area contributed by atoms with Gasteiger partial charge in [-0.1, -0.05) is 35.9 Å². The fourth-order valence-corrected chi connectivity index (χ4v) is 3.46. The highest BCUT2D eigenvalue weighted by molar-refractivity contribution is 5.82. The van der Waals surface area contributed by atoms with Crippen molar-refractivity contribution in [3.63, 3.8) is 0 Å². The number of benzene rings is 2. The van der Waals surface area contributed by atoms with E-state index in [1.165, 1.54) is 5.56 Å². The normalized spacial score (nSPS) is 11.8. The van der Waals surface area contributed by atoms with Crippen molar-refractivity contribution in [3.8, 4) is 11.3 Å². The average Bonchev–Trinajstić information content (AvgIpc) is 2.66. The Morgan fingerprint density at radius 1 is 0.793 bits per heavy atom. The molecule has 4 aromatic rings. The molecule has 0 radical (unpaired) electrons. The Hall–Kier alpha value is -3.47. The molecule has 0 aliphatic carbocycles. The molecule has 146 valence electrons. The van der Waals surface area contributed by atoms with E-state index >= 15 is 0 Å². The minimum absolute atomic E-state index is 0.484. The lowest BCUT2D eigenvalue weighted by molar-refractivity contribution is 0.615.